The lowest BCUT2D eigenvalue weighted by Crippen LogP contribution is -2.07. The molecule has 108 valence electrons. The number of aromatic nitrogens is 3. The first-order valence-electron chi connectivity index (χ1n) is 6.79. The van der Waals surface area contributed by atoms with Gasteiger partial charge in [0.2, 0.25) is 0 Å². The van der Waals surface area contributed by atoms with Gasteiger partial charge in [-0.15, -0.1) is 0 Å². The van der Waals surface area contributed by atoms with E-state index in [1.807, 2.05) is 27.7 Å². The fourth-order valence-corrected chi connectivity index (χ4v) is 0.968. The molecule has 0 fully saturated rings. The molecular formula is C14H26N4O. The summed E-state index contributed by atoms with van der Waals surface area (Å²) in [6.45, 7) is 12.2. The van der Waals surface area contributed by atoms with Gasteiger partial charge in [0.05, 0.1) is 11.7 Å². The lowest BCUT2D eigenvalue weighted by molar-refractivity contribution is 1.09. The molecule has 19 heavy (non-hydrogen) atoms. The Morgan fingerprint density at radius 1 is 1.16 bits per heavy atom. The van der Waals surface area contributed by atoms with E-state index < -0.39 is 0 Å². The van der Waals surface area contributed by atoms with E-state index in [9.17, 15) is 4.79 Å². The van der Waals surface area contributed by atoms with E-state index in [0.717, 1.165) is 0 Å². The van der Waals surface area contributed by atoms with Gasteiger partial charge < -0.3 is 10.7 Å². The molecule has 0 aromatic carbocycles. The Hall–Kier alpha value is -1.91. The number of rotatable bonds is 0. The van der Waals surface area contributed by atoms with E-state index in [2.05, 4.69) is 28.8 Å². The van der Waals surface area contributed by atoms with Gasteiger partial charge in [-0.3, -0.25) is 4.79 Å². The fraction of sp³-hybridized carbons (Fsp3) is 0.500. The number of nitrogens with zero attached hydrogens (tertiary/aromatic N) is 2. The van der Waals surface area contributed by atoms with Gasteiger partial charge >= 0.3 is 0 Å². The van der Waals surface area contributed by atoms with Crippen LogP contribution in [0.5, 0.6) is 0 Å². The zero-order chi connectivity index (χ0) is 15.3. The van der Waals surface area contributed by atoms with Crippen LogP contribution in [0.3, 0.4) is 0 Å². The molecule has 2 heterocycles. The van der Waals surface area contributed by atoms with Gasteiger partial charge in [0.25, 0.3) is 5.56 Å². The van der Waals surface area contributed by atoms with Gasteiger partial charge in [0, 0.05) is 0 Å². The lowest BCUT2D eigenvalue weighted by atomic mass is 10.3. The predicted molar refractivity (Wildman–Crippen MR) is 83.2 cm³/mol. The molecule has 5 heteroatoms. The number of pyridine rings is 1. The molecule has 0 atom stereocenters. The zero-order valence-corrected chi connectivity index (χ0v) is 12.8. The highest BCUT2D eigenvalue weighted by Crippen LogP contribution is 2.04. The summed E-state index contributed by atoms with van der Waals surface area (Å²) in [5, 5.41) is 0.451. The molecule has 0 bridgehead atoms. The van der Waals surface area contributed by atoms with E-state index in [1.165, 1.54) is 12.7 Å². The Balaban J connectivity index is 0. The summed E-state index contributed by atoms with van der Waals surface area (Å²) >= 11 is 0. The first-order chi connectivity index (χ1) is 9.19. The fourth-order valence-electron chi connectivity index (χ4n) is 0.968. The van der Waals surface area contributed by atoms with E-state index >= 15 is 0 Å². The molecule has 0 saturated carbocycles. The Morgan fingerprint density at radius 2 is 1.68 bits per heavy atom. The van der Waals surface area contributed by atoms with Crippen molar-refractivity contribution in [3.8, 4) is 0 Å². The molecule has 0 aliphatic carbocycles. The molecule has 0 unspecified atom stereocenters. The monoisotopic (exact) mass is 266 g/mol. The summed E-state index contributed by atoms with van der Waals surface area (Å²) in [5.74, 6) is 0.362. The van der Waals surface area contributed by atoms with Crippen molar-refractivity contribution in [1.82, 2.24) is 15.0 Å². The van der Waals surface area contributed by atoms with Crippen molar-refractivity contribution in [1.29, 1.82) is 0 Å². The molecule has 0 aliphatic heterocycles. The summed E-state index contributed by atoms with van der Waals surface area (Å²) in [6, 6.07) is 3.17. The van der Waals surface area contributed by atoms with Gasteiger partial charge in [0.1, 0.15) is 5.82 Å². The number of fused-ring (bicyclic) bond motifs is 1. The smallest absolute Gasteiger partial charge is 0.260 e. The van der Waals surface area contributed by atoms with Crippen LogP contribution in [0.1, 0.15) is 48.0 Å². The predicted octanol–water partition coefficient (Wildman–Crippen LogP) is 3.37. The molecule has 0 radical (unpaired) electrons. The molecule has 3 N–H and O–H groups in total. The summed E-state index contributed by atoms with van der Waals surface area (Å²) in [7, 11) is 0. The Bertz CT molecular complexity index is 494. The Morgan fingerprint density at radius 3 is 2.21 bits per heavy atom. The van der Waals surface area contributed by atoms with Crippen molar-refractivity contribution >= 4 is 16.9 Å². The first kappa shape index (κ1) is 19.4. The molecule has 0 spiro atoms. The highest BCUT2D eigenvalue weighted by Gasteiger charge is 1.98. The maximum atomic E-state index is 11.1. The second kappa shape index (κ2) is 12.5. The molecule has 2 rings (SSSR count). The van der Waals surface area contributed by atoms with Gasteiger partial charge in [0.15, 0.2) is 5.65 Å². The number of nitrogens with one attached hydrogen (secondary N) is 1. The topological polar surface area (TPSA) is 84.7 Å². The van der Waals surface area contributed by atoms with Crippen molar-refractivity contribution in [3.05, 3.63) is 28.8 Å². The van der Waals surface area contributed by atoms with E-state index in [-0.39, 0.29) is 5.56 Å². The van der Waals surface area contributed by atoms with Gasteiger partial charge in [-0.1, -0.05) is 48.0 Å². The van der Waals surface area contributed by atoms with Gasteiger partial charge in [-0.2, -0.15) is 0 Å². The van der Waals surface area contributed by atoms with Gasteiger partial charge in [-0.05, 0) is 12.1 Å². The quantitative estimate of drug-likeness (QED) is 0.765. The summed E-state index contributed by atoms with van der Waals surface area (Å²) < 4.78 is 0. The SMILES string of the molecule is CC.CC.CCC.Nc1ccc2c(=O)[nH]cnc2n1. The normalized spacial score (nSPS) is 8.11. The number of H-pyrrole nitrogens is 1. The molecule has 0 aliphatic rings. The van der Waals surface area contributed by atoms with E-state index in [0.29, 0.717) is 16.9 Å². The van der Waals surface area contributed by atoms with Crippen LogP contribution in [0, 0.1) is 0 Å². The minimum Gasteiger partial charge on any atom is -0.384 e. The van der Waals surface area contributed by atoms with Crippen molar-refractivity contribution in [2.45, 2.75) is 48.0 Å². The minimum atomic E-state index is -0.201. The molecule has 0 saturated heterocycles. The second-order valence-electron chi connectivity index (χ2n) is 3.05. The summed E-state index contributed by atoms with van der Waals surface area (Å²) in [5.41, 5.74) is 5.58. The average molecular weight is 266 g/mol. The number of nitrogens with two attached hydrogens (primary N) is 1. The van der Waals surface area contributed by atoms with Crippen LogP contribution < -0.4 is 11.3 Å². The van der Waals surface area contributed by atoms with Crippen molar-refractivity contribution < 1.29 is 0 Å². The van der Waals surface area contributed by atoms with Crippen LogP contribution in [0.25, 0.3) is 11.0 Å². The van der Waals surface area contributed by atoms with Crippen LogP contribution in [-0.4, -0.2) is 15.0 Å². The van der Waals surface area contributed by atoms with Crippen LogP contribution in [0.15, 0.2) is 23.3 Å². The van der Waals surface area contributed by atoms with Crippen molar-refractivity contribution in [2.24, 2.45) is 0 Å². The number of anilines is 1. The number of nitrogen functional groups attached to an aromatic ring is 1. The van der Waals surface area contributed by atoms with Crippen LogP contribution in [0.2, 0.25) is 0 Å². The first-order valence-corrected chi connectivity index (χ1v) is 6.79. The van der Waals surface area contributed by atoms with E-state index in [4.69, 9.17) is 5.73 Å². The lowest BCUT2D eigenvalue weighted by Gasteiger charge is -1.94. The largest absolute Gasteiger partial charge is 0.384 e. The van der Waals surface area contributed by atoms with Crippen LogP contribution >= 0.6 is 0 Å². The van der Waals surface area contributed by atoms with Crippen molar-refractivity contribution in [3.63, 3.8) is 0 Å². The van der Waals surface area contributed by atoms with Crippen LogP contribution in [-0.2, 0) is 0 Å². The second-order valence-corrected chi connectivity index (χ2v) is 3.05. The summed E-state index contributed by atoms with van der Waals surface area (Å²) in [6.07, 6.45) is 2.55. The highest BCUT2D eigenvalue weighted by atomic mass is 16.1. The zero-order valence-electron chi connectivity index (χ0n) is 12.8. The molecule has 2 aromatic rings. The van der Waals surface area contributed by atoms with Crippen molar-refractivity contribution in [2.75, 3.05) is 5.73 Å². The molecule has 5 nitrogen and oxygen atoms in total. The third kappa shape index (κ3) is 7.18. The Labute approximate surface area is 115 Å². The van der Waals surface area contributed by atoms with Crippen LogP contribution in [0.4, 0.5) is 5.82 Å². The Kier molecular flexibility index (Phi) is 12.8. The maximum absolute atomic E-state index is 11.1. The molecular weight excluding hydrogens is 240 g/mol. The molecule has 2 aromatic heterocycles. The number of hydrogen-bond acceptors (Lipinski definition) is 4. The average Bonchev–Trinajstić information content (AvgIpc) is 2.44. The van der Waals surface area contributed by atoms with Gasteiger partial charge in [-0.25, -0.2) is 9.97 Å². The minimum absolute atomic E-state index is 0.201. The van der Waals surface area contributed by atoms with E-state index in [1.54, 1.807) is 12.1 Å². The number of aromatic amines is 1. The molecule has 0 amide bonds. The standard InChI is InChI=1S/C7H6N4O.C3H8.2C2H6/c8-5-2-1-4-6(11-5)9-3-10-7(4)12;1-3-2;2*1-2/h1-3H,(H3,8,9,10,11,12);3H2,1-2H3;2*1-2H3. The summed E-state index contributed by atoms with van der Waals surface area (Å²) in [4.78, 5) is 21.3. The third-order valence-corrected chi connectivity index (χ3v) is 1.52. The highest BCUT2D eigenvalue weighted by molar-refractivity contribution is 5.74. The number of hydrogen-bond donors (Lipinski definition) is 2. The maximum Gasteiger partial charge on any atom is 0.260 e. The third-order valence-electron chi connectivity index (χ3n) is 1.52.